The summed E-state index contributed by atoms with van der Waals surface area (Å²) in [5.74, 6) is -0.623. The number of nitrogens with zero attached hydrogens (tertiary/aromatic N) is 3. The smallest absolute Gasteiger partial charge is 0.309 e. The Balaban J connectivity index is 1.44. The van der Waals surface area contributed by atoms with Gasteiger partial charge in [-0.2, -0.15) is 5.10 Å². The normalized spacial score (nSPS) is 19.3. The predicted molar refractivity (Wildman–Crippen MR) is 130 cm³/mol. The number of ether oxygens (including phenoxy) is 2. The number of benzene rings is 2. The van der Waals surface area contributed by atoms with Gasteiger partial charge < -0.3 is 9.47 Å². The first-order valence-corrected chi connectivity index (χ1v) is 13.3. The third kappa shape index (κ3) is 5.88. The zero-order valence-electron chi connectivity index (χ0n) is 19.8. The minimum absolute atomic E-state index is 0.267. The highest BCUT2D eigenvalue weighted by molar-refractivity contribution is 7.88. The van der Waals surface area contributed by atoms with Crippen molar-refractivity contribution in [2.45, 2.75) is 25.3 Å². The zero-order chi connectivity index (χ0) is 25.0. The number of amides is 1. The summed E-state index contributed by atoms with van der Waals surface area (Å²) in [6.45, 7) is 0.106. The van der Waals surface area contributed by atoms with Gasteiger partial charge in [-0.3, -0.25) is 9.59 Å². The molecule has 0 saturated carbocycles. The number of esters is 1. The Morgan fingerprint density at radius 3 is 2.29 bits per heavy atom. The molecule has 0 spiro atoms. The number of carbonyl (C=O) groups is 2. The summed E-state index contributed by atoms with van der Waals surface area (Å²) in [6.07, 6.45) is 2.42. The molecule has 0 bridgehead atoms. The lowest BCUT2D eigenvalue weighted by molar-refractivity contribution is -0.157. The fraction of sp³-hybridized carbons (Fsp3) is 0.400. The molecule has 0 aromatic heterocycles. The first-order valence-electron chi connectivity index (χ1n) is 11.5. The summed E-state index contributed by atoms with van der Waals surface area (Å²) in [5, 5.41) is 5.98. The number of sulfonamides is 1. The maximum atomic E-state index is 13.1. The Morgan fingerprint density at radius 2 is 1.69 bits per heavy atom. The highest BCUT2D eigenvalue weighted by Crippen LogP contribution is 2.33. The lowest BCUT2D eigenvalue weighted by Crippen LogP contribution is -2.40. The number of hydrogen-bond donors (Lipinski definition) is 0. The summed E-state index contributed by atoms with van der Waals surface area (Å²) in [7, 11) is -1.69. The number of hydrogen-bond acceptors (Lipinski definition) is 7. The van der Waals surface area contributed by atoms with E-state index in [2.05, 4.69) is 5.10 Å². The fourth-order valence-corrected chi connectivity index (χ4v) is 5.25. The molecule has 9 nitrogen and oxygen atoms in total. The maximum absolute atomic E-state index is 13.1. The SMILES string of the molecule is COc1ccc([C@H]2CC(c3ccccc3)=NN2C(=O)COC(=O)C2CCN(S(C)(=O)=O)CC2)cc1. The molecule has 1 atom stereocenters. The third-order valence-electron chi connectivity index (χ3n) is 6.37. The number of piperidine rings is 1. The van der Waals surface area contributed by atoms with E-state index < -0.39 is 34.4 Å². The Hall–Kier alpha value is -3.24. The van der Waals surface area contributed by atoms with Crippen LogP contribution in [0.4, 0.5) is 0 Å². The van der Waals surface area contributed by atoms with Crippen molar-refractivity contribution in [3.8, 4) is 5.75 Å². The van der Waals surface area contributed by atoms with E-state index in [1.54, 1.807) is 7.11 Å². The van der Waals surface area contributed by atoms with Crippen LogP contribution in [0.5, 0.6) is 5.75 Å². The van der Waals surface area contributed by atoms with Crippen LogP contribution in [0.15, 0.2) is 59.7 Å². The van der Waals surface area contributed by atoms with Gasteiger partial charge in [0.25, 0.3) is 5.91 Å². The fourth-order valence-electron chi connectivity index (χ4n) is 4.37. The molecule has 4 rings (SSSR count). The van der Waals surface area contributed by atoms with Gasteiger partial charge in [-0.1, -0.05) is 42.5 Å². The monoisotopic (exact) mass is 499 g/mol. The van der Waals surface area contributed by atoms with Gasteiger partial charge in [0.2, 0.25) is 10.0 Å². The number of carbonyl (C=O) groups excluding carboxylic acids is 2. The molecule has 35 heavy (non-hydrogen) atoms. The average molecular weight is 500 g/mol. The second-order valence-corrected chi connectivity index (χ2v) is 10.7. The molecule has 186 valence electrons. The van der Waals surface area contributed by atoms with E-state index in [9.17, 15) is 18.0 Å². The molecule has 1 saturated heterocycles. The minimum Gasteiger partial charge on any atom is -0.497 e. The Labute approximate surface area is 205 Å². The summed E-state index contributed by atoms with van der Waals surface area (Å²) < 4.78 is 35.3. The van der Waals surface area contributed by atoms with Crippen LogP contribution < -0.4 is 4.74 Å². The first-order chi connectivity index (χ1) is 16.8. The van der Waals surface area contributed by atoms with Crippen molar-refractivity contribution < 1.29 is 27.5 Å². The molecule has 0 radical (unpaired) electrons. The second-order valence-electron chi connectivity index (χ2n) is 8.69. The van der Waals surface area contributed by atoms with Gasteiger partial charge in [0, 0.05) is 19.5 Å². The van der Waals surface area contributed by atoms with Crippen LogP contribution in [0, 0.1) is 5.92 Å². The van der Waals surface area contributed by atoms with Gasteiger partial charge in [0.05, 0.1) is 31.0 Å². The van der Waals surface area contributed by atoms with E-state index in [-0.39, 0.29) is 19.1 Å². The summed E-state index contributed by atoms with van der Waals surface area (Å²) >= 11 is 0. The van der Waals surface area contributed by atoms with E-state index in [1.165, 1.54) is 9.31 Å². The largest absolute Gasteiger partial charge is 0.497 e. The average Bonchev–Trinajstić information content (AvgIpc) is 3.33. The van der Waals surface area contributed by atoms with Gasteiger partial charge in [-0.25, -0.2) is 17.7 Å². The molecule has 2 aliphatic rings. The van der Waals surface area contributed by atoms with Gasteiger partial charge in [0.1, 0.15) is 5.75 Å². The van der Waals surface area contributed by atoms with Gasteiger partial charge >= 0.3 is 5.97 Å². The van der Waals surface area contributed by atoms with Gasteiger partial charge in [-0.05, 0) is 36.1 Å². The van der Waals surface area contributed by atoms with Gasteiger partial charge in [0.15, 0.2) is 6.61 Å². The van der Waals surface area contributed by atoms with Crippen molar-refractivity contribution in [3.05, 3.63) is 65.7 Å². The molecule has 1 fully saturated rings. The zero-order valence-corrected chi connectivity index (χ0v) is 20.6. The predicted octanol–water partition coefficient (Wildman–Crippen LogP) is 2.59. The Morgan fingerprint density at radius 1 is 1.03 bits per heavy atom. The van der Waals surface area contributed by atoms with Crippen molar-refractivity contribution in [2.24, 2.45) is 11.0 Å². The molecule has 0 unspecified atom stereocenters. The molecular formula is C25H29N3O6S. The standard InChI is InChI=1S/C25H29N3O6S/c1-33-21-10-8-19(9-11-21)23-16-22(18-6-4-3-5-7-18)26-28(23)24(29)17-34-25(30)20-12-14-27(15-13-20)35(2,31)32/h3-11,20,23H,12-17H2,1-2H3/t23-/m1/s1. The van der Waals surface area contributed by atoms with Crippen molar-refractivity contribution >= 4 is 27.6 Å². The maximum Gasteiger partial charge on any atom is 0.309 e. The van der Waals surface area contributed by atoms with E-state index >= 15 is 0 Å². The summed E-state index contributed by atoms with van der Waals surface area (Å²) in [6, 6.07) is 16.8. The van der Waals surface area contributed by atoms with Crippen molar-refractivity contribution in [2.75, 3.05) is 33.1 Å². The molecule has 10 heteroatoms. The molecule has 0 aliphatic carbocycles. The quantitative estimate of drug-likeness (QED) is 0.542. The van der Waals surface area contributed by atoms with Gasteiger partial charge in [-0.15, -0.1) is 0 Å². The second kappa shape index (κ2) is 10.6. The van der Waals surface area contributed by atoms with Crippen LogP contribution in [-0.2, 0) is 24.3 Å². The minimum atomic E-state index is -3.28. The molecule has 0 N–H and O–H groups in total. The van der Waals surface area contributed by atoms with Crippen LogP contribution in [-0.4, -0.2) is 68.4 Å². The summed E-state index contributed by atoms with van der Waals surface area (Å²) in [5.41, 5.74) is 2.60. The lowest BCUT2D eigenvalue weighted by atomic mass is 9.98. The highest BCUT2D eigenvalue weighted by atomic mass is 32.2. The molecule has 2 heterocycles. The van der Waals surface area contributed by atoms with E-state index in [0.29, 0.717) is 25.0 Å². The van der Waals surface area contributed by atoms with Crippen LogP contribution >= 0.6 is 0 Å². The summed E-state index contributed by atoms with van der Waals surface area (Å²) in [4.78, 5) is 25.7. The Kier molecular flexibility index (Phi) is 7.51. The third-order valence-corrected chi connectivity index (χ3v) is 7.67. The Bertz CT molecular complexity index is 1190. The number of rotatable bonds is 7. The van der Waals surface area contributed by atoms with E-state index in [1.807, 2.05) is 54.6 Å². The topological polar surface area (TPSA) is 106 Å². The van der Waals surface area contributed by atoms with Crippen molar-refractivity contribution in [3.63, 3.8) is 0 Å². The van der Waals surface area contributed by atoms with Crippen molar-refractivity contribution in [1.29, 1.82) is 0 Å². The molecular weight excluding hydrogens is 470 g/mol. The van der Waals surface area contributed by atoms with Crippen LogP contribution in [0.25, 0.3) is 0 Å². The molecule has 2 aromatic carbocycles. The highest BCUT2D eigenvalue weighted by Gasteiger charge is 2.35. The molecule has 2 aliphatic heterocycles. The van der Waals surface area contributed by atoms with E-state index in [4.69, 9.17) is 9.47 Å². The number of hydrazone groups is 1. The van der Waals surface area contributed by atoms with Crippen LogP contribution in [0.3, 0.4) is 0 Å². The van der Waals surface area contributed by atoms with Crippen molar-refractivity contribution in [1.82, 2.24) is 9.31 Å². The lowest BCUT2D eigenvalue weighted by Gasteiger charge is -2.29. The number of methoxy groups -OCH3 is 1. The molecule has 1 amide bonds. The van der Waals surface area contributed by atoms with Crippen LogP contribution in [0.2, 0.25) is 0 Å². The molecule has 2 aromatic rings. The van der Waals surface area contributed by atoms with Crippen LogP contribution in [0.1, 0.15) is 36.4 Å². The first kappa shape index (κ1) is 24.9. The van der Waals surface area contributed by atoms with E-state index in [0.717, 1.165) is 23.1 Å².